The number of aromatic amines is 1. The molecule has 0 fully saturated rings. The molecule has 136 valence electrons. The van der Waals surface area contributed by atoms with Crippen LogP contribution in [0.1, 0.15) is 22.3 Å². The minimum absolute atomic E-state index is 0.840. The minimum atomic E-state index is 0.840. The number of aromatic nitrogens is 2. The highest BCUT2D eigenvalue weighted by molar-refractivity contribution is 5.86. The monoisotopic (exact) mass is 349 g/mol. The van der Waals surface area contributed by atoms with Gasteiger partial charge in [-0.15, -0.1) is 0 Å². The number of rotatable bonds is 6. The molecule has 0 amide bonds. The summed E-state index contributed by atoms with van der Waals surface area (Å²) < 4.78 is 0. The van der Waals surface area contributed by atoms with E-state index in [0.29, 0.717) is 0 Å². The molecular weight excluding hydrogens is 322 g/mol. The lowest BCUT2D eigenvalue weighted by Gasteiger charge is -2.12. The summed E-state index contributed by atoms with van der Waals surface area (Å²) >= 11 is 0. The Kier molecular flexibility index (Phi) is 5.89. The summed E-state index contributed by atoms with van der Waals surface area (Å²) in [5.74, 6) is 0.840. The molecule has 26 heavy (non-hydrogen) atoms. The van der Waals surface area contributed by atoms with Crippen LogP contribution < -0.4 is 10.6 Å². The Hall–Kier alpha value is -2.82. The van der Waals surface area contributed by atoms with Gasteiger partial charge in [0.25, 0.3) is 0 Å². The number of nitrogens with zero attached hydrogens (tertiary/aromatic N) is 2. The van der Waals surface area contributed by atoms with Crippen LogP contribution in [0, 0.1) is 13.8 Å². The molecule has 2 heterocycles. The van der Waals surface area contributed by atoms with Crippen molar-refractivity contribution in [1.29, 1.82) is 0 Å². The number of hydrogen-bond acceptors (Lipinski definition) is 2. The highest BCUT2D eigenvalue weighted by Gasteiger charge is 2.06. The highest BCUT2D eigenvalue weighted by Crippen LogP contribution is 2.21. The molecule has 0 atom stereocenters. The molecule has 0 spiro atoms. The fourth-order valence-corrected chi connectivity index (χ4v) is 3.21. The lowest BCUT2D eigenvalue weighted by molar-refractivity contribution is 0.783. The summed E-state index contributed by atoms with van der Waals surface area (Å²) in [5.41, 5.74) is 6.39. The molecule has 5 heteroatoms. The van der Waals surface area contributed by atoms with Crippen LogP contribution in [0.4, 0.5) is 0 Å². The maximum atomic E-state index is 4.31. The second kappa shape index (κ2) is 8.52. The van der Waals surface area contributed by atoms with Crippen LogP contribution in [0.25, 0.3) is 10.9 Å². The molecule has 0 aliphatic rings. The molecule has 0 bridgehead atoms. The van der Waals surface area contributed by atoms with Crippen molar-refractivity contribution in [2.45, 2.75) is 26.7 Å². The predicted molar refractivity (Wildman–Crippen MR) is 109 cm³/mol. The van der Waals surface area contributed by atoms with Gasteiger partial charge in [-0.25, -0.2) is 0 Å². The van der Waals surface area contributed by atoms with Crippen molar-refractivity contribution >= 4 is 16.9 Å². The van der Waals surface area contributed by atoms with E-state index in [1.807, 2.05) is 19.4 Å². The van der Waals surface area contributed by atoms with E-state index < -0.39 is 0 Å². The second-order valence-corrected chi connectivity index (χ2v) is 6.54. The Morgan fingerprint density at radius 2 is 1.81 bits per heavy atom. The molecule has 5 nitrogen and oxygen atoms in total. The number of H-pyrrole nitrogens is 1. The number of aryl methyl sites for hydroxylation is 2. The largest absolute Gasteiger partial charge is 0.361 e. The van der Waals surface area contributed by atoms with Gasteiger partial charge in [-0.2, -0.15) is 0 Å². The van der Waals surface area contributed by atoms with Crippen molar-refractivity contribution < 1.29 is 0 Å². The standard InChI is InChI=1S/C21H27N5/c1-15-5-4-6-19-18(14-26-20(15)19)9-12-25-21(22-3)24-11-8-17-7-10-23-13-16(17)2/h4-7,10,13-14,26H,8-9,11-12H2,1-3H3,(H2,22,24,25). The van der Waals surface area contributed by atoms with Gasteiger partial charge in [-0.05, 0) is 55.0 Å². The van der Waals surface area contributed by atoms with E-state index in [0.717, 1.165) is 31.9 Å². The fraction of sp³-hybridized carbons (Fsp3) is 0.333. The smallest absolute Gasteiger partial charge is 0.190 e. The average molecular weight is 349 g/mol. The molecule has 0 saturated carbocycles. The zero-order chi connectivity index (χ0) is 18.4. The summed E-state index contributed by atoms with van der Waals surface area (Å²) in [7, 11) is 1.81. The number of pyridine rings is 1. The predicted octanol–water partition coefficient (Wildman–Crippen LogP) is 3.13. The van der Waals surface area contributed by atoms with Gasteiger partial charge in [0.05, 0.1) is 0 Å². The Labute approximate surface area is 155 Å². The van der Waals surface area contributed by atoms with Gasteiger partial charge in [0, 0.05) is 49.6 Å². The van der Waals surface area contributed by atoms with Gasteiger partial charge < -0.3 is 15.6 Å². The van der Waals surface area contributed by atoms with Crippen LogP contribution in [0.5, 0.6) is 0 Å². The van der Waals surface area contributed by atoms with Crippen molar-refractivity contribution in [1.82, 2.24) is 20.6 Å². The Morgan fingerprint density at radius 3 is 2.54 bits per heavy atom. The molecule has 3 N–H and O–H groups in total. The Bertz CT molecular complexity index is 894. The first-order valence-corrected chi connectivity index (χ1v) is 9.08. The Morgan fingerprint density at radius 1 is 1.04 bits per heavy atom. The fourth-order valence-electron chi connectivity index (χ4n) is 3.21. The number of aliphatic imine (C=N–C) groups is 1. The quantitative estimate of drug-likeness (QED) is 0.473. The average Bonchev–Trinajstić information content (AvgIpc) is 3.06. The molecule has 3 aromatic rings. The van der Waals surface area contributed by atoms with E-state index >= 15 is 0 Å². The van der Waals surface area contributed by atoms with Crippen molar-refractivity contribution in [2.24, 2.45) is 4.99 Å². The van der Waals surface area contributed by atoms with Crippen LogP contribution in [0.3, 0.4) is 0 Å². The minimum Gasteiger partial charge on any atom is -0.361 e. The molecule has 0 radical (unpaired) electrons. The van der Waals surface area contributed by atoms with Gasteiger partial charge in [-0.3, -0.25) is 9.98 Å². The second-order valence-electron chi connectivity index (χ2n) is 6.54. The molecule has 1 aromatic carbocycles. The van der Waals surface area contributed by atoms with Crippen molar-refractivity contribution in [2.75, 3.05) is 20.1 Å². The molecule has 0 unspecified atom stereocenters. The summed E-state index contributed by atoms with van der Waals surface area (Å²) in [6, 6.07) is 8.51. The normalized spacial score (nSPS) is 11.7. The third-order valence-electron chi connectivity index (χ3n) is 4.74. The van der Waals surface area contributed by atoms with Gasteiger partial charge in [0.1, 0.15) is 0 Å². The number of guanidine groups is 1. The van der Waals surface area contributed by atoms with E-state index in [9.17, 15) is 0 Å². The van der Waals surface area contributed by atoms with Crippen molar-refractivity contribution in [3.8, 4) is 0 Å². The summed E-state index contributed by atoms with van der Waals surface area (Å²) in [6.45, 7) is 5.92. The summed E-state index contributed by atoms with van der Waals surface area (Å²) in [5, 5.41) is 8.09. The molecular formula is C21H27N5. The number of benzene rings is 1. The SMILES string of the molecule is CN=C(NCCc1ccncc1C)NCCc1c[nH]c2c(C)cccc12. The van der Waals surface area contributed by atoms with Crippen molar-refractivity contribution in [3.63, 3.8) is 0 Å². The topological polar surface area (TPSA) is 65.1 Å². The van der Waals surface area contributed by atoms with Crippen LogP contribution in [-0.2, 0) is 12.8 Å². The van der Waals surface area contributed by atoms with Crippen LogP contribution >= 0.6 is 0 Å². The molecule has 2 aromatic heterocycles. The first-order chi connectivity index (χ1) is 12.7. The van der Waals surface area contributed by atoms with Gasteiger partial charge >= 0.3 is 0 Å². The third kappa shape index (κ3) is 4.23. The number of nitrogens with one attached hydrogen (secondary N) is 3. The molecule has 0 aliphatic heterocycles. The van der Waals surface area contributed by atoms with E-state index in [1.54, 1.807) is 0 Å². The number of fused-ring (bicyclic) bond motifs is 1. The number of hydrogen-bond donors (Lipinski definition) is 3. The zero-order valence-corrected chi connectivity index (χ0v) is 15.8. The van der Waals surface area contributed by atoms with Crippen molar-refractivity contribution in [3.05, 3.63) is 65.1 Å². The lowest BCUT2D eigenvalue weighted by Crippen LogP contribution is -2.39. The first-order valence-electron chi connectivity index (χ1n) is 9.08. The molecule has 3 rings (SSSR count). The van der Waals surface area contributed by atoms with E-state index in [4.69, 9.17) is 0 Å². The maximum absolute atomic E-state index is 4.31. The van der Waals surface area contributed by atoms with Crippen LogP contribution in [-0.4, -0.2) is 36.1 Å². The summed E-state index contributed by atoms with van der Waals surface area (Å²) in [4.78, 5) is 11.8. The van der Waals surface area contributed by atoms with Crippen LogP contribution in [0.2, 0.25) is 0 Å². The lowest BCUT2D eigenvalue weighted by atomic mass is 10.1. The molecule has 0 aliphatic carbocycles. The number of para-hydroxylation sites is 1. The Balaban J connectivity index is 1.48. The van der Waals surface area contributed by atoms with Gasteiger partial charge in [-0.1, -0.05) is 18.2 Å². The van der Waals surface area contributed by atoms with Crippen LogP contribution in [0.15, 0.2) is 47.8 Å². The van der Waals surface area contributed by atoms with Gasteiger partial charge in [0.2, 0.25) is 0 Å². The van der Waals surface area contributed by atoms with Gasteiger partial charge in [0.15, 0.2) is 5.96 Å². The third-order valence-corrected chi connectivity index (χ3v) is 4.74. The molecule has 0 saturated heterocycles. The summed E-state index contributed by atoms with van der Waals surface area (Å²) in [6.07, 6.45) is 7.77. The highest BCUT2D eigenvalue weighted by atomic mass is 15.2. The van der Waals surface area contributed by atoms with E-state index in [2.05, 4.69) is 69.9 Å². The first kappa shape index (κ1) is 18.0. The van der Waals surface area contributed by atoms with E-state index in [1.165, 1.54) is 33.2 Å². The van der Waals surface area contributed by atoms with E-state index in [-0.39, 0.29) is 0 Å². The zero-order valence-electron chi connectivity index (χ0n) is 15.8. The maximum Gasteiger partial charge on any atom is 0.190 e.